The normalized spacial score (nSPS) is 10.9. The fourth-order valence-corrected chi connectivity index (χ4v) is 1.67. The zero-order valence-corrected chi connectivity index (χ0v) is 10.1. The Morgan fingerprint density at radius 1 is 1.06 bits per heavy atom. The van der Waals surface area contributed by atoms with Crippen LogP contribution in [0.1, 0.15) is 25.3 Å². The van der Waals surface area contributed by atoms with E-state index in [0.29, 0.717) is 0 Å². The van der Waals surface area contributed by atoms with E-state index in [4.69, 9.17) is 0 Å². The van der Waals surface area contributed by atoms with Crippen LogP contribution >= 0.6 is 0 Å². The molecular weight excluding hydrogens is 206 g/mol. The maximum absolute atomic E-state index is 4.48. The van der Waals surface area contributed by atoms with Gasteiger partial charge in [-0.25, -0.2) is 0 Å². The monoisotopic (exact) mass is 223 g/mol. The molecule has 0 saturated carbocycles. The molecule has 0 unspecified atom stereocenters. The molecule has 0 N–H and O–H groups in total. The molecule has 1 aromatic heterocycles. The van der Waals surface area contributed by atoms with Gasteiger partial charge in [0, 0.05) is 11.8 Å². The highest BCUT2D eigenvalue weighted by Gasteiger charge is 1.96. The molecule has 0 bridgehead atoms. The van der Waals surface area contributed by atoms with Gasteiger partial charge in [0.2, 0.25) is 0 Å². The molecule has 1 heteroatoms. The van der Waals surface area contributed by atoms with Crippen molar-refractivity contribution >= 4 is 6.08 Å². The van der Waals surface area contributed by atoms with Crippen LogP contribution in [0.3, 0.4) is 0 Å². The number of benzene rings is 1. The van der Waals surface area contributed by atoms with Gasteiger partial charge in [-0.1, -0.05) is 61.9 Å². The Kier molecular flexibility index (Phi) is 4.09. The molecule has 0 spiro atoms. The summed E-state index contributed by atoms with van der Waals surface area (Å²) in [6, 6.07) is 14.4. The van der Waals surface area contributed by atoms with E-state index in [2.05, 4.69) is 48.3 Å². The molecule has 1 heterocycles. The molecule has 0 aliphatic heterocycles. The van der Waals surface area contributed by atoms with Crippen molar-refractivity contribution < 1.29 is 0 Å². The second-order valence-electron chi connectivity index (χ2n) is 4.03. The van der Waals surface area contributed by atoms with Gasteiger partial charge < -0.3 is 0 Å². The first-order valence-corrected chi connectivity index (χ1v) is 6.08. The Labute approximate surface area is 103 Å². The van der Waals surface area contributed by atoms with E-state index in [1.807, 2.05) is 24.4 Å². The van der Waals surface area contributed by atoms with Crippen LogP contribution in [0.4, 0.5) is 0 Å². The predicted octanol–water partition coefficient (Wildman–Crippen LogP) is 4.56. The number of nitrogens with zero attached hydrogens (tertiary/aromatic N) is 1. The summed E-state index contributed by atoms with van der Waals surface area (Å²) in [4.78, 5) is 4.48. The number of hydrogen-bond acceptors (Lipinski definition) is 1. The zero-order valence-electron chi connectivity index (χ0n) is 10.1. The number of aromatic nitrogens is 1. The first-order valence-electron chi connectivity index (χ1n) is 6.08. The standard InChI is InChI=1S/C16H17N/c1-2-3-5-8-14-11-12-16(17-13-14)15-9-6-4-7-10-15/h4-13H,2-3H2,1H3. The molecule has 1 nitrogen and oxygen atoms in total. The smallest absolute Gasteiger partial charge is 0.0702 e. The largest absolute Gasteiger partial charge is 0.256 e. The van der Waals surface area contributed by atoms with E-state index in [0.717, 1.165) is 23.2 Å². The van der Waals surface area contributed by atoms with E-state index in [-0.39, 0.29) is 0 Å². The number of hydrogen-bond donors (Lipinski definition) is 0. The van der Waals surface area contributed by atoms with Crippen molar-refractivity contribution in [1.29, 1.82) is 0 Å². The molecule has 0 atom stereocenters. The van der Waals surface area contributed by atoms with Gasteiger partial charge in [-0.3, -0.25) is 4.98 Å². The zero-order chi connectivity index (χ0) is 11.9. The highest BCUT2D eigenvalue weighted by molar-refractivity contribution is 5.60. The Bertz CT molecular complexity index is 469. The molecule has 86 valence electrons. The predicted molar refractivity (Wildman–Crippen MR) is 73.6 cm³/mol. The highest BCUT2D eigenvalue weighted by Crippen LogP contribution is 2.16. The summed E-state index contributed by atoms with van der Waals surface area (Å²) in [6.45, 7) is 2.18. The van der Waals surface area contributed by atoms with Gasteiger partial charge in [-0.05, 0) is 18.1 Å². The number of rotatable bonds is 4. The van der Waals surface area contributed by atoms with Crippen LogP contribution < -0.4 is 0 Å². The second kappa shape index (κ2) is 6.00. The summed E-state index contributed by atoms with van der Waals surface area (Å²) in [5.74, 6) is 0. The molecule has 0 aliphatic rings. The van der Waals surface area contributed by atoms with Crippen LogP contribution in [0.5, 0.6) is 0 Å². The van der Waals surface area contributed by atoms with Crippen LogP contribution in [0.15, 0.2) is 54.7 Å². The Hall–Kier alpha value is -1.89. The van der Waals surface area contributed by atoms with Crippen LogP contribution in [-0.4, -0.2) is 4.98 Å². The summed E-state index contributed by atoms with van der Waals surface area (Å²) < 4.78 is 0. The lowest BCUT2D eigenvalue weighted by atomic mass is 10.1. The van der Waals surface area contributed by atoms with Gasteiger partial charge in [0.05, 0.1) is 5.69 Å². The fourth-order valence-electron chi connectivity index (χ4n) is 1.67. The average molecular weight is 223 g/mol. The van der Waals surface area contributed by atoms with Gasteiger partial charge in [0.25, 0.3) is 0 Å². The molecule has 0 radical (unpaired) electrons. The summed E-state index contributed by atoms with van der Waals surface area (Å²) >= 11 is 0. The Balaban J connectivity index is 2.13. The lowest BCUT2D eigenvalue weighted by molar-refractivity contribution is 0.962. The third-order valence-electron chi connectivity index (χ3n) is 2.62. The van der Waals surface area contributed by atoms with Crippen LogP contribution in [0, 0.1) is 0 Å². The molecule has 0 aliphatic carbocycles. The summed E-state index contributed by atoms with van der Waals surface area (Å²) in [6.07, 6.45) is 8.56. The number of pyridine rings is 1. The highest BCUT2D eigenvalue weighted by atomic mass is 14.7. The fraction of sp³-hybridized carbons (Fsp3) is 0.188. The molecule has 2 rings (SSSR count). The van der Waals surface area contributed by atoms with E-state index >= 15 is 0 Å². The van der Waals surface area contributed by atoms with Crippen molar-refractivity contribution in [3.05, 3.63) is 60.3 Å². The number of allylic oxidation sites excluding steroid dienone is 1. The van der Waals surface area contributed by atoms with Crippen molar-refractivity contribution in [2.24, 2.45) is 0 Å². The van der Waals surface area contributed by atoms with Gasteiger partial charge in [0.1, 0.15) is 0 Å². The second-order valence-corrected chi connectivity index (χ2v) is 4.03. The first kappa shape index (κ1) is 11.6. The molecular formula is C16H17N. The third-order valence-corrected chi connectivity index (χ3v) is 2.62. The summed E-state index contributed by atoms with van der Waals surface area (Å²) in [5.41, 5.74) is 3.35. The van der Waals surface area contributed by atoms with Crippen molar-refractivity contribution in [2.75, 3.05) is 0 Å². The van der Waals surface area contributed by atoms with E-state index in [9.17, 15) is 0 Å². The van der Waals surface area contributed by atoms with Crippen LogP contribution in [-0.2, 0) is 0 Å². The lowest BCUT2D eigenvalue weighted by Crippen LogP contribution is -1.83. The molecule has 0 saturated heterocycles. The van der Waals surface area contributed by atoms with Crippen molar-refractivity contribution in [1.82, 2.24) is 4.98 Å². The van der Waals surface area contributed by atoms with Crippen molar-refractivity contribution in [2.45, 2.75) is 19.8 Å². The lowest BCUT2D eigenvalue weighted by Gasteiger charge is -2.00. The number of unbranched alkanes of at least 4 members (excludes halogenated alkanes) is 1. The maximum atomic E-state index is 4.48. The first-order chi connectivity index (χ1) is 8.40. The van der Waals surface area contributed by atoms with Crippen molar-refractivity contribution in [3.63, 3.8) is 0 Å². The Morgan fingerprint density at radius 3 is 2.53 bits per heavy atom. The topological polar surface area (TPSA) is 12.9 Å². The molecule has 1 aromatic carbocycles. The van der Waals surface area contributed by atoms with E-state index in [1.165, 1.54) is 6.42 Å². The van der Waals surface area contributed by atoms with Crippen molar-refractivity contribution in [3.8, 4) is 11.3 Å². The third kappa shape index (κ3) is 3.28. The van der Waals surface area contributed by atoms with Gasteiger partial charge in [0.15, 0.2) is 0 Å². The summed E-state index contributed by atoms with van der Waals surface area (Å²) in [5, 5.41) is 0. The van der Waals surface area contributed by atoms with Gasteiger partial charge in [-0.2, -0.15) is 0 Å². The molecule has 0 fully saturated rings. The van der Waals surface area contributed by atoms with E-state index < -0.39 is 0 Å². The molecule has 17 heavy (non-hydrogen) atoms. The quantitative estimate of drug-likeness (QED) is 0.740. The minimum absolute atomic E-state index is 1.03. The van der Waals surface area contributed by atoms with Gasteiger partial charge >= 0.3 is 0 Å². The molecule has 2 aromatic rings. The minimum atomic E-state index is 1.03. The molecule has 0 amide bonds. The van der Waals surface area contributed by atoms with Crippen LogP contribution in [0.25, 0.3) is 17.3 Å². The van der Waals surface area contributed by atoms with Gasteiger partial charge in [-0.15, -0.1) is 0 Å². The average Bonchev–Trinajstić information content (AvgIpc) is 2.41. The Morgan fingerprint density at radius 2 is 1.88 bits per heavy atom. The summed E-state index contributed by atoms with van der Waals surface area (Å²) in [7, 11) is 0. The SMILES string of the molecule is CCCC=Cc1ccc(-c2ccccc2)nc1. The minimum Gasteiger partial charge on any atom is -0.256 e. The van der Waals surface area contributed by atoms with E-state index in [1.54, 1.807) is 0 Å². The maximum Gasteiger partial charge on any atom is 0.0702 e. The van der Waals surface area contributed by atoms with Crippen LogP contribution in [0.2, 0.25) is 0 Å².